The van der Waals surface area contributed by atoms with Crippen molar-refractivity contribution in [2.24, 2.45) is 0 Å². The Hall–Kier alpha value is -1.000. The van der Waals surface area contributed by atoms with Crippen LogP contribution in [0.3, 0.4) is 0 Å². The van der Waals surface area contributed by atoms with E-state index in [9.17, 15) is 14.7 Å². The minimum Gasteiger partial charge on any atom is -0.548 e. The number of carboxylic acid groups (broad SMARTS) is 1. The molecule has 0 bridgehead atoms. The van der Waals surface area contributed by atoms with Gasteiger partial charge in [-0.05, 0) is 31.4 Å². The molecule has 0 aliphatic heterocycles. The first-order chi connectivity index (χ1) is 14.3. The molecule has 3 rings (SSSR count). The number of nitrogens with zero attached hydrogens (tertiary/aromatic N) is 3. The summed E-state index contributed by atoms with van der Waals surface area (Å²) in [4.78, 5) is 31.9. The van der Waals surface area contributed by atoms with Gasteiger partial charge in [0.25, 0.3) is 0 Å². The number of carboxylic acids is 1. The third kappa shape index (κ3) is 5.16. The Kier molecular flexibility index (Phi) is 9.51. The summed E-state index contributed by atoms with van der Waals surface area (Å²) in [6.07, 6.45) is 1.81. The summed E-state index contributed by atoms with van der Waals surface area (Å²) in [7, 11) is 1.60. The Morgan fingerprint density at radius 3 is 2.58 bits per heavy atom. The molecule has 0 saturated carbocycles. The smallest absolute Gasteiger partial charge is 0.548 e. The molecule has 0 saturated heterocycles. The predicted octanol–water partition coefficient (Wildman–Crippen LogP) is -0.195. The molecule has 0 N–H and O–H groups in total. The third-order valence-corrected chi connectivity index (χ3v) is 6.30. The summed E-state index contributed by atoms with van der Waals surface area (Å²) in [6, 6.07) is 4.75. The maximum atomic E-state index is 13.2. The summed E-state index contributed by atoms with van der Waals surface area (Å²) >= 11 is 14.1. The number of anilines is 1. The molecule has 2 heterocycles. The van der Waals surface area contributed by atoms with E-state index in [1.807, 2.05) is 18.1 Å². The van der Waals surface area contributed by atoms with Gasteiger partial charge in [-0.15, -0.1) is 11.8 Å². The molecule has 31 heavy (non-hydrogen) atoms. The zero-order valence-electron chi connectivity index (χ0n) is 17.7. The first kappa shape index (κ1) is 26.3. The van der Waals surface area contributed by atoms with Gasteiger partial charge >= 0.3 is 29.6 Å². The molecule has 7 nitrogen and oxygen atoms in total. The molecular weight excluding hydrogens is 472 g/mol. The number of aliphatic carboxylic acids is 1. The first-order valence-corrected chi connectivity index (χ1v) is 11.1. The fourth-order valence-electron chi connectivity index (χ4n) is 3.41. The van der Waals surface area contributed by atoms with E-state index in [4.69, 9.17) is 27.9 Å². The predicted molar refractivity (Wildman–Crippen MR) is 120 cm³/mol. The number of carbonyl (C=O) groups excluding carboxylic acids is 1. The monoisotopic (exact) mass is 491 g/mol. The summed E-state index contributed by atoms with van der Waals surface area (Å²) in [5.41, 5.74) is 0.337. The second-order valence-electron chi connectivity index (χ2n) is 6.50. The molecule has 0 aliphatic carbocycles. The minimum absolute atomic E-state index is 0. The Bertz CT molecular complexity index is 1190. The number of hydrogen-bond donors (Lipinski definition) is 0. The van der Waals surface area contributed by atoms with Crippen LogP contribution in [0.2, 0.25) is 10.0 Å². The SMILES string of the molecule is CCN(CCOC)c1nc2c(cc1Cl)c(=O)c1ccc(Cl)c(SC)c1n2CC(=O)[O-].[Na+]. The van der Waals surface area contributed by atoms with Gasteiger partial charge in [-0.25, -0.2) is 4.98 Å². The summed E-state index contributed by atoms with van der Waals surface area (Å²) in [5.74, 6) is -0.861. The second-order valence-corrected chi connectivity index (χ2v) is 8.13. The van der Waals surface area contributed by atoms with Crippen LogP contribution in [0.15, 0.2) is 27.9 Å². The average molecular weight is 492 g/mol. The quantitative estimate of drug-likeness (QED) is 0.245. The molecule has 160 valence electrons. The minimum atomic E-state index is -1.31. The van der Waals surface area contributed by atoms with E-state index in [0.717, 1.165) is 0 Å². The van der Waals surface area contributed by atoms with Crippen LogP contribution in [0.5, 0.6) is 0 Å². The Labute approximate surface area is 215 Å². The van der Waals surface area contributed by atoms with Crippen molar-refractivity contribution in [3.05, 3.63) is 38.5 Å². The van der Waals surface area contributed by atoms with Crippen molar-refractivity contribution in [2.45, 2.75) is 18.4 Å². The van der Waals surface area contributed by atoms with Crippen molar-refractivity contribution in [3.8, 4) is 0 Å². The topological polar surface area (TPSA) is 87.5 Å². The van der Waals surface area contributed by atoms with Gasteiger partial charge in [-0.1, -0.05) is 23.2 Å². The van der Waals surface area contributed by atoms with Gasteiger partial charge in [0.2, 0.25) is 0 Å². The number of likely N-dealkylation sites (N-methyl/N-ethyl adjacent to an activating group) is 1. The maximum Gasteiger partial charge on any atom is 1.00 e. The number of hydrogen-bond acceptors (Lipinski definition) is 7. The van der Waals surface area contributed by atoms with E-state index in [1.54, 1.807) is 19.2 Å². The number of thioether (sulfide) groups is 1. The van der Waals surface area contributed by atoms with Gasteiger partial charge in [0.15, 0.2) is 5.43 Å². The molecule has 0 aliphatic rings. The first-order valence-electron chi connectivity index (χ1n) is 9.17. The van der Waals surface area contributed by atoms with Gasteiger partial charge in [0, 0.05) is 25.6 Å². The van der Waals surface area contributed by atoms with Gasteiger partial charge in [0.05, 0.1) is 45.0 Å². The van der Waals surface area contributed by atoms with Crippen molar-refractivity contribution < 1.29 is 44.2 Å². The standard InChI is InChI=1S/C20H21Cl2N3O4S.Na/c1-4-24(7-8-29-2)20-14(22)9-12-17(28)11-5-6-13(21)18(30-3)16(11)25(10-15(26)27)19(12)23-20;/h5-6,9H,4,7-8,10H2,1-3H3,(H,26,27);/q;+1/p-1. The summed E-state index contributed by atoms with van der Waals surface area (Å²) < 4.78 is 6.61. The van der Waals surface area contributed by atoms with Gasteiger partial charge in [-0.2, -0.15) is 0 Å². The van der Waals surface area contributed by atoms with Crippen molar-refractivity contribution >= 4 is 68.7 Å². The van der Waals surface area contributed by atoms with Crippen molar-refractivity contribution in [3.63, 3.8) is 0 Å². The normalized spacial score (nSPS) is 11.0. The van der Waals surface area contributed by atoms with Crippen LogP contribution in [-0.4, -0.2) is 48.6 Å². The van der Waals surface area contributed by atoms with Gasteiger partial charge in [-0.3, -0.25) is 4.79 Å². The number of methoxy groups -OCH3 is 1. The number of rotatable bonds is 8. The van der Waals surface area contributed by atoms with Crippen molar-refractivity contribution in [1.29, 1.82) is 0 Å². The van der Waals surface area contributed by atoms with Gasteiger partial charge < -0.3 is 24.1 Å². The van der Waals surface area contributed by atoms with Crippen LogP contribution in [0.1, 0.15) is 6.92 Å². The van der Waals surface area contributed by atoms with E-state index in [1.165, 1.54) is 22.4 Å². The van der Waals surface area contributed by atoms with E-state index in [0.29, 0.717) is 51.4 Å². The molecule has 0 atom stereocenters. The summed E-state index contributed by atoms with van der Waals surface area (Å²) in [6.45, 7) is 3.05. The zero-order valence-corrected chi connectivity index (χ0v) is 22.0. The molecular formula is C20H20Cl2N3NaO4S. The number of pyridine rings is 2. The van der Waals surface area contributed by atoms with Crippen LogP contribution < -0.4 is 45.0 Å². The molecule has 0 unspecified atom stereocenters. The number of fused-ring (bicyclic) bond motifs is 2. The Morgan fingerprint density at radius 1 is 1.29 bits per heavy atom. The second kappa shape index (κ2) is 11.2. The molecule has 11 heteroatoms. The number of ether oxygens (including phenoxy) is 1. The number of halogens is 2. The molecule has 0 spiro atoms. The van der Waals surface area contributed by atoms with E-state index >= 15 is 0 Å². The molecule has 0 amide bonds. The molecule has 0 fully saturated rings. The van der Waals surface area contributed by atoms with Crippen LogP contribution in [0.25, 0.3) is 21.9 Å². The van der Waals surface area contributed by atoms with E-state index in [2.05, 4.69) is 4.98 Å². The Balaban J connectivity index is 0.00000341. The zero-order chi connectivity index (χ0) is 22.0. The molecule has 3 aromatic rings. The average Bonchev–Trinajstić information content (AvgIpc) is 2.71. The van der Waals surface area contributed by atoms with Crippen molar-refractivity contribution in [2.75, 3.05) is 38.0 Å². The fourth-order valence-corrected chi connectivity index (χ4v) is 4.74. The fraction of sp³-hybridized carbons (Fsp3) is 0.350. The maximum absolute atomic E-state index is 13.2. The Morgan fingerprint density at radius 2 is 2.00 bits per heavy atom. The summed E-state index contributed by atoms with van der Waals surface area (Å²) in [5, 5.41) is 12.9. The van der Waals surface area contributed by atoms with E-state index in [-0.39, 0.29) is 46.0 Å². The number of aromatic nitrogens is 2. The van der Waals surface area contributed by atoms with Crippen LogP contribution in [-0.2, 0) is 16.1 Å². The molecule has 0 radical (unpaired) electrons. The third-order valence-electron chi connectivity index (χ3n) is 4.77. The number of carbonyl (C=O) groups is 1. The van der Waals surface area contributed by atoms with Crippen LogP contribution >= 0.6 is 35.0 Å². The van der Waals surface area contributed by atoms with Crippen LogP contribution in [0, 0.1) is 0 Å². The van der Waals surface area contributed by atoms with Crippen LogP contribution in [0.4, 0.5) is 5.82 Å². The van der Waals surface area contributed by atoms with E-state index < -0.39 is 12.5 Å². The molecule has 1 aromatic carbocycles. The van der Waals surface area contributed by atoms with Gasteiger partial charge in [0.1, 0.15) is 11.5 Å². The molecule has 2 aromatic heterocycles. The largest absolute Gasteiger partial charge is 1.00 e. The van der Waals surface area contributed by atoms with Crippen molar-refractivity contribution in [1.82, 2.24) is 9.55 Å². The number of benzene rings is 1.